The van der Waals surface area contributed by atoms with Crippen LogP contribution < -0.4 is 0 Å². The highest BCUT2D eigenvalue weighted by Gasteiger charge is 2.31. The minimum Gasteiger partial charge on any atom is -0.465 e. The van der Waals surface area contributed by atoms with Crippen LogP contribution in [0.4, 0.5) is 13.2 Å². The summed E-state index contributed by atoms with van der Waals surface area (Å²) in [7, 11) is 0. The first-order chi connectivity index (χ1) is 14.6. The van der Waals surface area contributed by atoms with Gasteiger partial charge in [0.2, 0.25) is 0 Å². The highest BCUT2D eigenvalue weighted by Crippen LogP contribution is 2.42. The van der Waals surface area contributed by atoms with Crippen LogP contribution in [0.2, 0.25) is 0 Å². The molecule has 0 saturated heterocycles. The Labute approximate surface area is 185 Å². The minimum absolute atomic E-state index is 0.0671. The molecule has 166 valence electrons. The number of hydrogen-bond donors (Lipinski definition) is 0. The lowest BCUT2D eigenvalue weighted by molar-refractivity contribution is -0.154. The number of alkyl halides is 3. The summed E-state index contributed by atoms with van der Waals surface area (Å²) in [6.45, 7) is 6.10. The van der Waals surface area contributed by atoms with Crippen molar-refractivity contribution >= 4 is 29.4 Å². The van der Waals surface area contributed by atoms with E-state index in [-0.39, 0.29) is 22.6 Å². The van der Waals surface area contributed by atoms with Crippen molar-refractivity contribution in [3.05, 3.63) is 64.7 Å². The zero-order valence-corrected chi connectivity index (χ0v) is 18.8. The van der Waals surface area contributed by atoms with Crippen LogP contribution in [0.3, 0.4) is 0 Å². The quantitative estimate of drug-likeness (QED) is 0.241. The molecule has 0 unspecified atom stereocenters. The number of allylic oxidation sites excluding steroid dienone is 1. The van der Waals surface area contributed by atoms with Crippen LogP contribution in [0.1, 0.15) is 55.9 Å². The van der Waals surface area contributed by atoms with Crippen molar-refractivity contribution in [1.82, 2.24) is 0 Å². The Morgan fingerprint density at radius 3 is 2.58 bits per heavy atom. The van der Waals surface area contributed by atoms with Gasteiger partial charge in [0.05, 0.1) is 12.0 Å². The minimum atomic E-state index is -4.31. The van der Waals surface area contributed by atoms with Gasteiger partial charge in [-0.25, -0.2) is 0 Å². The Morgan fingerprint density at radius 1 is 1.13 bits per heavy atom. The zero-order chi connectivity index (χ0) is 22.6. The summed E-state index contributed by atoms with van der Waals surface area (Å²) in [5.41, 5.74) is 0.0361. The number of fused-ring (bicyclic) bond motifs is 1. The maximum Gasteiger partial charge on any atom is 0.446 e. The van der Waals surface area contributed by atoms with E-state index in [9.17, 15) is 18.0 Å². The number of esters is 1. The summed E-state index contributed by atoms with van der Waals surface area (Å²) in [6.07, 6.45) is 4.84. The lowest BCUT2D eigenvalue weighted by Crippen LogP contribution is -2.26. The van der Waals surface area contributed by atoms with E-state index >= 15 is 0 Å². The number of thioether (sulfide) groups is 1. The standard InChI is InChI=1S/C25H27F3O2S/c1-4-24(2,3)23(29)30-13-7-8-17-11-12-18-15-20(16-19(18)14-17)21-9-5-6-10-22(21)31-25(26,27)28/h5-6,9-12,14,16H,4,7-8,13,15H2,1-3H3. The van der Waals surface area contributed by atoms with Gasteiger partial charge in [-0.3, -0.25) is 4.79 Å². The molecule has 0 aromatic heterocycles. The third kappa shape index (κ3) is 6.16. The van der Waals surface area contributed by atoms with Crippen LogP contribution in [0.15, 0.2) is 47.4 Å². The molecule has 0 aliphatic heterocycles. The van der Waals surface area contributed by atoms with E-state index < -0.39 is 10.9 Å². The molecular weight excluding hydrogens is 421 g/mol. The van der Waals surface area contributed by atoms with Crippen molar-refractivity contribution in [2.24, 2.45) is 5.41 Å². The summed E-state index contributed by atoms with van der Waals surface area (Å²) in [6, 6.07) is 12.8. The van der Waals surface area contributed by atoms with Gasteiger partial charge in [0.1, 0.15) is 0 Å². The number of ether oxygens (including phenoxy) is 1. The van der Waals surface area contributed by atoms with Crippen LogP contribution in [-0.4, -0.2) is 18.1 Å². The fourth-order valence-corrected chi connectivity index (χ4v) is 4.14. The maximum atomic E-state index is 12.9. The third-order valence-electron chi connectivity index (χ3n) is 5.66. The van der Waals surface area contributed by atoms with Gasteiger partial charge >= 0.3 is 11.5 Å². The predicted molar refractivity (Wildman–Crippen MR) is 120 cm³/mol. The Morgan fingerprint density at radius 2 is 1.87 bits per heavy atom. The van der Waals surface area contributed by atoms with E-state index in [4.69, 9.17) is 4.74 Å². The molecule has 3 rings (SSSR count). The Bertz CT molecular complexity index is 977. The summed E-state index contributed by atoms with van der Waals surface area (Å²) < 4.78 is 44.2. The second kappa shape index (κ2) is 9.51. The molecule has 0 heterocycles. The van der Waals surface area contributed by atoms with E-state index in [0.717, 1.165) is 41.5 Å². The first-order valence-electron chi connectivity index (χ1n) is 10.4. The van der Waals surface area contributed by atoms with Crippen molar-refractivity contribution in [1.29, 1.82) is 0 Å². The number of carbonyl (C=O) groups is 1. The summed E-state index contributed by atoms with van der Waals surface area (Å²) in [5, 5.41) is 0. The molecular formula is C25H27F3O2S. The average Bonchev–Trinajstić information content (AvgIpc) is 3.13. The Hall–Kier alpha value is -2.21. The van der Waals surface area contributed by atoms with Crippen molar-refractivity contribution in [3.8, 4) is 0 Å². The molecule has 0 bridgehead atoms. The molecule has 0 saturated carbocycles. The van der Waals surface area contributed by atoms with Gasteiger partial charge in [0.25, 0.3) is 0 Å². The smallest absolute Gasteiger partial charge is 0.446 e. The van der Waals surface area contributed by atoms with E-state index in [1.54, 1.807) is 18.2 Å². The van der Waals surface area contributed by atoms with Gasteiger partial charge in [-0.2, -0.15) is 13.2 Å². The predicted octanol–water partition coefficient (Wildman–Crippen LogP) is 7.31. The molecule has 0 atom stereocenters. The number of hydrogen-bond acceptors (Lipinski definition) is 3. The molecule has 0 amide bonds. The van der Waals surface area contributed by atoms with Gasteiger partial charge in [-0.1, -0.05) is 49.4 Å². The van der Waals surface area contributed by atoms with E-state index in [0.29, 0.717) is 18.6 Å². The van der Waals surface area contributed by atoms with Crippen LogP contribution in [0.25, 0.3) is 11.6 Å². The van der Waals surface area contributed by atoms with Crippen molar-refractivity contribution in [2.75, 3.05) is 6.61 Å². The average molecular weight is 449 g/mol. The number of benzene rings is 2. The number of carbonyl (C=O) groups excluding carboxylic acids is 1. The van der Waals surface area contributed by atoms with Crippen LogP contribution in [-0.2, 0) is 22.4 Å². The van der Waals surface area contributed by atoms with E-state index in [2.05, 4.69) is 6.07 Å². The highest BCUT2D eigenvalue weighted by atomic mass is 32.2. The lowest BCUT2D eigenvalue weighted by atomic mass is 9.91. The van der Waals surface area contributed by atoms with Gasteiger partial charge < -0.3 is 4.74 Å². The first-order valence-corrected chi connectivity index (χ1v) is 11.3. The molecule has 0 fully saturated rings. The van der Waals surface area contributed by atoms with Crippen LogP contribution in [0, 0.1) is 5.41 Å². The molecule has 6 heteroatoms. The fraction of sp³-hybridized carbons (Fsp3) is 0.400. The third-order valence-corrected chi connectivity index (χ3v) is 6.47. The van der Waals surface area contributed by atoms with Crippen LogP contribution >= 0.6 is 11.8 Å². The molecule has 31 heavy (non-hydrogen) atoms. The van der Waals surface area contributed by atoms with E-state index in [1.165, 1.54) is 6.07 Å². The van der Waals surface area contributed by atoms with Gasteiger partial charge in [0, 0.05) is 4.90 Å². The molecule has 2 aromatic carbocycles. The number of halogens is 3. The molecule has 0 radical (unpaired) electrons. The fourth-order valence-electron chi connectivity index (χ4n) is 3.44. The Balaban J connectivity index is 1.65. The van der Waals surface area contributed by atoms with Gasteiger partial charge in [0.15, 0.2) is 0 Å². The maximum absolute atomic E-state index is 12.9. The topological polar surface area (TPSA) is 26.3 Å². The second-order valence-corrected chi connectivity index (χ2v) is 9.51. The second-order valence-electron chi connectivity index (χ2n) is 8.40. The number of aryl methyl sites for hydroxylation is 1. The summed E-state index contributed by atoms with van der Waals surface area (Å²) >= 11 is -0.0671. The van der Waals surface area contributed by atoms with Crippen molar-refractivity contribution in [3.63, 3.8) is 0 Å². The first kappa shape index (κ1) is 23.5. The number of rotatable bonds is 8. The largest absolute Gasteiger partial charge is 0.465 e. The summed E-state index contributed by atoms with van der Waals surface area (Å²) in [5.74, 6) is -0.174. The van der Waals surface area contributed by atoms with Crippen LogP contribution in [0.5, 0.6) is 0 Å². The lowest BCUT2D eigenvalue weighted by Gasteiger charge is -2.20. The van der Waals surface area contributed by atoms with Gasteiger partial charge in [-0.05, 0) is 85.2 Å². The van der Waals surface area contributed by atoms with E-state index in [1.807, 2.05) is 39.0 Å². The normalized spacial score (nSPS) is 13.7. The van der Waals surface area contributed by atoms with Crippen molar-refractivity contribution in [2.45, 2.75) is 56.9 Å². The Kier molecular flexibility index (Phi) is 7.20. The monoisotopic (exact) mass is 448 g/mol. The SMILES string of the molecule is CCC(C)(C)C(=O)OCCCc1ccc2c(c1)C=C(c1ccccc1SC(F)(F)F)C2. The van der Waals surface area contributed by atoms with Gasteiger partial charge in [-0.15, -0.1) is 0 Å². The molecule has 2 nitrogen and oxygen atoms in total. The highest BCUT2D eigenvalue weighted by molar-refractivity contribution is 8.00. The zero-order valence-electron chi connectivity index (χ0n) is 18.0. The molecule has 1 aliphatic carbocycles. The summed E-state index contributed by atoms with van der Waals surface area (Å²) in [4.78, 5) is 12.3. The molecule has 1 aliphatic rings. The molecule has 0 spiro atoms. The molecule has 2 aromatic rings. The molecule has 0 N–H and O–H groups in total. The van der Waals surface area contributed by atoms with Crippen molar-refractivity contribution < 1.29 is 22.7 Å².